The standard InChI is InChI=1S/C30H33N7O6S2/c1-20-18-31-30(35-28(20)33-23-10-5-9-22(15-23)19-32-44(40,41)25-13-14-25)34-24-11-6-12-26(17-24)45(42,43)37-36-27(29(38)39)16-21-7-3-2-4-8-21/h2-12,15,17-18,25,27,32,36-37H,13-14,16,19H2,1H3,(H,38,39)(H2,31,33,34,35)/t27-/m0/s1. The largest absolute Gasteiger partial charge is 0.480 e. The van der Waals surface area contributed by atoms with E-state index in [-0.39, 0.29) is 29.1 Å². The van der Waals surface area contributed by atoms with Gasteiger partial charge in [-0.3, -0.25) is 4.79 Å². The smallest absolute Gasteiger partial charge is 0.322 e. The lowest BCUT2D eigenvalue weighted by Gasteiger charge is -2.16. The van der Waals surface area contributed by atoms with Crippen LogP contribution in [-0.2, 0) is 37.8 Å². The van der Waals surface area contributed by atoms with E-state index in [2.05, 4.69) is 35.6 Å². The molecule has 0 spiro atoms. The highest BCUT2D eigenvalue weighted by Gasteiger charge is 2.35. The molecule has 1 fully saturated rings. The second kappa shape index (κ2) is 13.7. The van der Waals surface area contributed by atoms with Crippen LogP contribution >= 0.6 is 0 Å². The van der Waals surface area contributed by atoms with Crippen molar-refractivity contribution < 1.29 is 26.7 Å². The Bertz CT molecular complexity index is 1890. The van der Waals surface area contributed by atoms with Gasteiger partial charge in [-0.1, -0.05) is 48.5 Å². The summed E-state index contributed by atoms with van der Waals surface area (Å²) in [7, 11) is -7.43. The molecule has 3 aromatic carbocycles. The van der Waals surface area contributed by atoms with Crippen LogP contribution in [-0.4, -0.2) is 49.2 Å². The summed E-state index contributed by atoms with van der Waals surface area (Å²) in [6.45, 7) is 2.01. The van der Waals surface area contributed by atoms with Crippen LogP contribution in [0.15, 0.2) is 90.0 Å². The number of nitrogens with one attached hydrogen (secondary N) is 5. The van der Waals surface area contributed by atoms with Crippen LogP contribution < -0.4 is 25.6 Å². The van der Waals surface area contributed by atoms with Gasteiger partial charge < -0.3 is 15.7 Å². The summed E-state index contributed by atoms with van der Waals surface area (Å²) in [4.78, 5) is 22.6. The second-order valence-electron chi connectivity index (χ2n) is 10.6. The van der Waals surface area contributed by atoms with Gasteiger partial charge in [-0.15, -0.1) is 4.83 Å². The monoisotopic (exact) mass is 651 g/mol. The first-order chi connectivity index (χ1) is 21.5. The number of carboxylic acid groups (broad SMARTS) is 1. The number of hydrogen-bond acceptors (Lipinski definition) is 10. The van der Waals surface area contributed by atoms with E-state index in [1.165, 1.54) is 18.2 Å². The van der Waals surface area contributed by atoms with Crippen molar-refractivity contribution in [2.24, 2.45) is 0 Å². The van der Waals surface area contributed by atoms with Crippen LogP contribution in [0, 0.1) is 6.92 Å². The Labute approximate surface area is 261 Å². The fraction of sp³-hybridized carbons (Fsp3) is 0.233. The van der Waals surface area contributed by atoms with Crippen LogP contribution in [0.2, 0.25) is 0 Å². The molecule has 45 heavy (non-hydrogen) atoms. The molecule has 236 valence electrons. The van der Waals surface area contributed by atoms with Crippen molar-refractivity contribution in [1.82, 2.24) is 24.9 Å². The van der Waals surface area contributed by atoms with Gasteiger partial charge in [-0.2, -0.15) is 4.98 Å². The maximum atomic E-state index is 13.0. The maximum Gasteiger partial charge on any atom is 0.322 e. The predicted octanol–water partition coefficient (Wildman–Crippen LogP) is 3.33. The Morgan fingerprint density at radius 2 is 1.60 bits per heavy atom. The summed E-state index contributed by atoms with van der Waals surface area (Å²) in [6, 6.07) is 20.9. The minimum Gasteiger partial charge on any atom is -0.480 e. The van der Waals surface area contributed by atoms with Crippen LogP contribution in [0.1, 0.15) is 29.5 Å². The Balaban J connectivity index is 1.24. The van der Waals surface area contributed by atoms with E-state index < -0.39 is 32.1 Å². The number of benzene rings is 3. The highest BCUT2D eigenvalue weighted by molar-refractivity contribution is 7.90. The molecule has 1 saturated carbocycles. The Morgan fingerprint density at radius 1 is 0.911 bits per heavy atom. The fourth-order valence-corrected chi connectivity index (χ4v) is 6.65. The zero-order valence-corrected chi connectivity index (χ0v) is 25.9. The molecule has 0 unspecified atom stereocenters. The van der Waals surface area contributed by atoms with Crippen molar-refractivity contribution in [3.05, 3.63) is 102 Å². The SMILES string of the molecule is Cc1cnc(Nc2cccc(S(=O)(=O)NN[C@@H](Cc3ccccc3)C(=O)O)c2)nc1Nc1cccc(CNS(=O)(=O)C2CC2)c1. The van der Waals surface area contributed by atoms with Crippen molar-refractivity contribution in [2.75, 3.05) is 10.6 Å². The van der Waals surface area contributed by atoms with E-state index in [1.54, 1.807) is 42.6 Å². The lowest BCUT2D eigenvalue weighted by Crippen LogP contribution is -2.49. The first-order valence-electron chi connectivity index (χ1n) is 14.1. The number of anilines is 4. The van der Waals surface area contributed by atoms with Gasteiger partial charge in [-0.25, -0.2) is 32.0 Å². The molecule has 1 heterocycles. The molecular weight excluding hydrogens is 619 g/mol. The van der Waals surface area contributed by atoms with E-state index >= 15 is 0 Å². The number of carboxylic acids is 1. The number of hydrazine groups is 1. The quantitative estimate of drug-likeness (QED) is 0.103. The minimum atomic E-state index is -4.13. The molecule has 0 amide bonds. The molecule has 15 heteroatoms. The molecule has 1 aliphatic rings. The molecule has 13 nitrogen and oxygen atoms in total. The second-order valence-corrected chi connectivity index (χ2v) is 14.3. The van der Waals surface area contributed by atoms with Gasteiger partial charge in [0.05, 0.1) is 10.1 Å². The Kier molecular flexibility index (Phi) is 9.74. The summed E-state index contributed by atoms with van der Waals surface area (Å²) >= 11 is 0. The highest BCUT2D eigenvalue weighted by atomic mass is 32.2. The molecule has 4 aromatic rings. The number of nitrogens with zero attached hydrogens (tertiary/aromatic N) is 2. The zero-order valence-electron chi connectivity index (χ0n) is 24.3. The van der Waals surface area contributed by atoms with Gasteiger partial charge in [0.1, 0.15) is 11.9 Å². The van der Waals surface area contributed by atoms with Crippen LogP contribution in [0.3, 0.4) is 0 Å². The maximum absolute atomic E-state index is 13.0. The lowest BCUT2D eigenvalue weighted by atomic mass is 10.1. The van der Waals surface area contributed by atoms with Gasteiger partial charge in [0, 0.05) is 29.7 Å². The average molecular weight is 652 g/mol. The summed E-state index contributed by atoms with van der Waals surface area (Å²) in [5, 5.41) is 15.5. The van der Waals surface area contributed by atoms with E-state index in [1.807, 2.05) is 31.2 Å². The normalized spacial score (nSPS) is 14.1. The number of sulfonamides is 2. The van der Waals surface area contributed by atoms with Crippen LogP contribution in [0.4, 0.5) is 23.1 Å². The molecule has 1 aromatic heterocycles. The third-order valence-electron chi connectivity index (χ3n) is 6.95. The van der Waals surface area contributed by atoms with E-state index in [0.717, 1.165) is 16.7 Å². The van der Waals surface area contributed by atoms with Gasteiger partial charge in [0.25, 0.3) is 10.0 Å². The van der Waals surface area contributed by atoms with Crippen LogP contribution in [0.25, 0.3) is 0 Å². The van der Waals surface area contributed by atoms with E-state index in [4.69, 9.17) is 0 Å². The van der Waals surface area contributed by atoms with Gasteiger partial charge in [0.2, 0.25) is 16.0 Å². The molecule has 6 N–H and O–H groups in total. The van der Waals surface area contributed by atoms with Gasteiger partial charge in [-0.05, 0) is 67.6 Å². The molecule has 0 radical (unpaired) electrons. The molecule has 0 aliphatic heterocycles. The summed E-state index contributed by atoms with van der Waals surface area (Å²) in [5.41, 5.74) is 5.76. The summed E-state index contributed by atoms with van der Waals surface area (Å²) in [6.07, 6.45) is 3.06. The van der Waals surface area contributed by atoms with Crippen LogP contribution in [0.5, 0.6) is 0 Å². The van der Waals surface area contributed by atoms with Crippen molar-refractivity contribution >= 4 is 49.2 Å². The fourth-order valence-electron chi connectivity index (χ4n) is 4.33. The molecule has 0 saturated heterocycles. The number of aliphatic carboxylic acids is 1. The van der Waals surface area contributed by atoms with Gasteiger partial charge >= 0.3 is 5.97 Å². The first kappa shape index (κ1) is 32.0. The van der Waals surface area contributed by atoms with Gasteiger partial charge in [0.15, 0.2) is 0 Å². The third-order valence-corrected chi connectivity index (χ3v) is 10.1. The summed E-state index contributed by atoms with van der Waals surface area (Å²) in [5.74, 6) is -0.510. The highest BCUT2D eigenvalue weighted by Crippen LogP contribution is 2.28. The average Bonchev–Trinajstić information content (AvgIpc) is 3.88. The summed E-state index contributed by atoms with van der Waals surface area (Å²) < 4.78 is 53.0. The van der Waals surface area contributed by atoms with Crippen molar-refractivity contribution in [1.29, 1.82) is 0 Å². The van der Waals surface area contributed by atoms with E-state index in [0.29, 0.717) is 30.0 Å². The molecule has 1 aliphatic carbocycles. The topological polar surface area (TPSA) is 192 Å². The third kappa shape index (κ3) is 8.83. The molecule has 5 rings (SSSR count). The lowest BCUT2D eigenvalue weighted by molar-refractivity contribution is -0.139. The number of rotatable bonds is 15. The minimum absolute atomic E-state index is 0.0743. The van der Waals surface area contributed by atoms with Crippen molar-refractivity contribution in [3.63, 3.8) is 0 Å². The number of aromatic nitrogens is 2. The predicted molar refractivity (Wildman–Crippen MR) is 170 cm³/mol. The number of aryl methyl sites for hydroxylation is 1. The van der Waals surface area contributed by atoms with Crippen molar-refractivity contribution in [2.45, 2.75) is 48.9 Å². The zero-order chi connectivity index (χ0) is 32.0. The number of hydrogen-bond donors (Lipinski definition) is 6. The first-order valence-corrected chi connectivity index (χ1v) is 17.1. The molecule has 0 bridgehead atoms. The van der Waals surface area contributed by atoms with Crippen molar-refractivity contribution in [3.8, 4) is 0 Å². The molecule has 1 atom stereocenters. The van der Waals surface area contributed by atoms with E-state index in [9.17, 15) is 26.7 Å². The Morgan fingerprint density at radius 3 is 2.31 bits per heavy atom. The number of carbonyl (C=O) groups is 1. The molecular formula is C30H33N7O6S2. The Hall–Kier alpha value is -4.41.